The Morgan fingerprint density at radius 3 is 2.58 bits per heavy atom. The number of nitrogens with one attached hydrogen (secondary N) is 1. The van der Waals surface area contributed by atoms with E-state index < -0.39 is 37.0 Å². The lowest BCUT2D eigenvalue weighted by molar-refractivity contribution is 0.152. The summed E-state index contributed by atoms with van der Waals surface area (Å²) in [5.41, 5.74) is 0. The highest BCUT2D eigenvalue weighted by Gasteiger charge is 2.20. The van der Waals surface area contributed by atoms with Crippen LogP contribution in [-0.4, -0.2) is 42.8 Å². The number of pyridine rings is 1. The minimum Gasteiger partial charge on any atom is -0.395 e. The van der Waals surface area contributed by atoms with Crippen molar-refractivity contribution in [2.24, 2.45) is 0 Å². The van der Waals surface area contributed by atoms with Gasteiger partial charge in [-0.05, 0) is 6.92 Å². The van der Waals surface area contributed by atoms with Gasteiger partial charge in [-0.3, -0.25) is 0 Å². The van der Waals surface area contributed by atoms with Crippen molar-refractivity contribution in [1.29, 1.82) is 0 Å². The SMILES string of the molecule is CCNc1nc(N(CCO)CC(F)F)c(F)cc1F. The van der Waals surface area contributed by atoms with Gasteiger partial charge in [0.05, 0.1) is 13.2 Å². The molecule has 0 fully saturated rings. The molecule has 0 radical (unpaired) electrons. The molecule has 1 aromatic heterocycles. The van der Waals surface area contributed by atoms with Gasteiger partial charge in [0, 0.05) is 19.2 Å². The minimum atomic E-state index is -2.72. The summed E-state index contributed by atoms with van der Waals surface area (Å²) in [6.45, 7) is 0.591. The Morgan fingerprint density at radius 2 is 2.05 bits per heavy atom. The first-order valence-electron chi connectivity index (χ1n) is 5.73. The molecule has 0 saturated carbocycles. The number of halogens is 4. The average Bonchev–Trinajstić information content (AvgIpc) is 2.32. The fourth-order valence-electron chi connectivity index (χ4n) is 1.54. The molecule has 19 heavy (non-hydrogen) atoms. The van der Waals surface area contributed by atoms with E-state index in [2.05, 4.69) is 10.3 Å². The Kier molecular flexibility index (Phi) is 5.81. The molecule has 4 nitrogen and oxygen atoms in total. The number of rotatable bonds is 7. The van der Waals surface area contributed by atoms with Gasteiger partial charge in [-0.1, -0.05) is 0 Å². The van der Waals surface area contributed by atoms with Crippen LogP contribution in [0, 0.1) is 11.6 Å². The maximum atomic E-state index is 13.6. The van der Waals surface area contributed by atoms with Gasteiger partial charge in [0.2, 0.25) is 0 Å². The van der Waals surface area contributed by atoms with Gasteiger partial charge in [0.25, 0.3) is 6.43 Å². The topological polar surface area (TPSA) is 48.4 Å². The fraction of sp³-hybridized carbons (Fsp3) is 0.545. The van der Waals surface area contributed by atoms with E-state index in [1.807, 2.05) is 0 Å². The Labute approximate surface area is 108 Å². The fourth-order valence-corrected chi connectivity index (χ4v) is 1.54. The van der Waals surface area contributed by atoms with Crippen LogP contribution in [0.25, 0.3) is 0 Å². The zero-order chi connectivity index (χ0) is 14.4. The summed E-state index contributed by atoms with van der Waals surface area (Å²) in [6, 6.07) is 0.580. The zero-order valence-corrected chi connectivity index (χ0v) is 10.3. The molecule has 108 valence electrons. The lowest BCUT2D eigenvalue weighted by Crippen LogP contribution is -2.33. The number of aromatic nitrogens is 1. The Hall–Kier alpha value is -1.57. The molecule has 0 aliphatic rings. The van der Waals surface area contributed by atoms with Crippen LogP contribution in [0.1, 0.15) is 6.92 Å². The van der Waals surface area contributed by atoms with Crippen molar-refractivity contribution in [2.75, 3.05) is 36.5 Å². The van der Waals surface area contributed by atoms with E-state index in [4.69, 9.17) is 5.11 Å². The van der Waals surface area contributed by atoms with Crippen molar-refractivity contribution >= 4 is 11.6 Å². The molecular weight excluding hydrogens is 266 g/mol. The van der Waals surface area contributed by atoms with Crippen LogP contribution in [0.3, 0.4) is 0 Å². The Morgan fingerprint density at radius 1 is 1.37 bits per heavy atom. The van der Waals surface area contributed by atoms with E-state index in [1.165, 1.54) is 0 Å². The van der Waals surface area contributed by atoms with Crippen molar-refractivity contribution in [3.63, 3.8) is 0 Å². The highest BCUT2D eigenvalue weighted by molar-refractivity contribution is 5.49. The Bertz CT molecular complexity index is 417. The van der Waals surface area contributed by atoms with E-state index in [9.17, 15) is 17.6 Å². The molecule has 2 N–H and O–H groups in total. The van der Waals surface area contributed by atoms with Crippen molar-refractivity contribution < 1.29 is 22.7 Å². The van der Waals surface area contributed by atoms with Crippen molar-refractivity contribution in [3.8, 4) is 0 Å². The van der Waals surface area contributed by atoms with Crippen LogP contribution < -0.4 is 10.2 Å². The van der Waals surface area contributed by atoms with E-state index in [0.29, 0.717) is 12.6 Å². The average molecular weight is 281 g/mol. The van der Waals surface area contributed by atoms with Crippen molar-refractivity contribution in [3.05, 3.63) is 17.7 Å². The van der Waals surface area contributed by atoms with Crippen LogP contribution in [0.5, 0.6) is 0 Å². The third kappa shape index (κ3) is 4.23. The van der Waals surface area contributed by atoms with Crippen LogP contribution >= 0.6 is 0 Å². The summed E-state index contributed by atoms with van der Waals surface area (Å²) in [7, 11) is 0. The molecule has 1 rings (SSSR count). The maximum Gasteiger partial charge on any atom is 0.255 e. The molecule has 0 saturated heterocycles. The first-order chi connectivity index (χ1) is 8.99. The molecule has 0 spiro atoms. The molecule has 0 amide bonds. The summed E-state index contributed by atoms with van der Waals surface area (Å²) in [4.78, 5) is 4.53. The molecule has 0 aliphatic carbocycles. The quantitative estimate of drug-likeness (QED) is 0.749. The standard InChI is InChI=1S/C11H15F4N3O/c1-2-16-10-7(12)5-8(13)11(17-10)18(3-4-19)6-9(14)15/h5,9,19H,2-4,6H2,1H3,(H,16,17). The van der Waals surface area contributed by atoms with Crippen molar-refractivity contribution in [1.82, 2.24) is 4.98 Å². The molecule has 0 atom stereocenters. The summed E-state index contributed by atoms with van der Waals surface area (Å²) >= 11 is 0. The van der Waals surface area contributed by atoms with Gasteiger partial charge >= 0.3 is 0 Å². The van der Waals surface area contributed by atoms with Gasteiger partial charge in [-0.2, -0.15) is 0 Å². The number of alkyl halides is 2. The minimum absolute atomic E-state index is 0.212. The van der Waals surface area contributed by atoms with Crippen LogP contribution in [-0.2, 0) is 0 Å². The third-order valence-electron chi connectivity index (χ3n) is 2.28. The molecule has 0 aromatic carbocycles. The predicted molar refractivity (Wildman–Crippen MR) is 63.6 cm³/mol. The summed E-state index contributed by atoms with van der Waals surface area (Å²) in [5, 5.41) is 11.4. The zero-order valence-electron chi connectivity index (χ0n) is 10.3. The van der Waals surface area contributed by atoms with Crippen molar-refractivity contribution in [2.45, 2.75) is 13.3 Å². The van der Waals surface area contributed by atoms with Gasteiger partial charge in [-0.25, -0.2) is 22.5 Å². The second-order valence-electron chi connectivity index (χ2n) is 3.72. The highest BCUT2D eigenvalue weighted by Crippen LogP contribution is 2.22. The van der Waals surface area contributed by atoms with Gasteiger partial charge < -0.3 is 15.3 Å². The number of hydrogen-bond donors (Lipinski definition) is 2. The van der Waals surface area contributed by atoms with Gasteiger partial charge in [0.15, 0.2) is 23.3 Å². The highest BCUT2D eigenvalue weighted by atomic mass is 19.3. The smallest absolute Gasteiger partial charge is 0.255 e. The maximum absolute atomic E-state index is 13.6. The first-order valence-corrected chi connectivity index (χ1v) is 5.73. The van der Waals surface area contributed by atoms with E-state index >= 15 is 0 Å². The van der Waals surface area contributed by atoms with E-state index in [0.717, 1.165) is 4.90 Å². The molecule has 0 aliphatic heterocycles. The van der Waals surface area contributed by atoms with Crippen LogP contribution in [0.2, 0.25) is 0 Å². The molecule has 0 bridgehead atoms. The number of aliphatic hydroxyl groups excluding tert-OH is 1. The normalized spacial score (nSPS) is 10.9. The van der Waals surface area contributed by atoms with Crippen LogP contribution in [0.15, 0.2) is 6.07 Å². The monoisotopic (exact) mass is 281 g/mol. The molecule has 0 unspecified atom stereocenters. The number of aliphatic hydroxyl groups is 1. The molecule has 8 heteroatoms. The van der Waals surface area contributed by atoms with Gasteiger partial charge in [0.1, 0.15) is 0 Å². The van der Waals surface area contributed by atoms with Crippen LogP contribution in [0.4, 0.5) is 29.2 Å². The lowest BCUT2D eigenvalue weighted by atomic mass is 10.3. The molecule has 1 heterocycles. The van der Waals surface area contributed by atoms with E-state index in [-0.39, 0.29) is 12.4 Å². The predicted octanol–water partition coefficient (Wildman–Crippen LogP) is 1.86. The third-order valence-corrected chi connectivity index (χ3v) is 2.28. The largest absolute Gasteiger partial charge is 0.395 e. The Balaban J connectivity index is 3.09. The number of nitrogens with zero attached hydrogens (tertiary/aromatic N) is 2. The lowest BCUT2D eigenvalue weighted by Gasteiger charge is -2.23. The molecular formula is C11H15F4N3O. The summed E-state index contributed by atoms with van der Waals surface area (Å²) in [5.74, 6) is -2.57. The van der Waals surface area contributed by atoms with Gasteiger partial charge in [-0.15, -0.1) is 0 Å². The summed E-state index contributed by atoms with van der Waals surface area (Å²) < 4.78 is 51.7. The second-order valence-corrected chi connectivity index (χ2v) is 3.72. The molecule has 1 aromatic rings. The van der Waals surface area contributed by atoms with E-state index in [1.54, 1.807) is 6.92 Å². The number of hydrogen-bond acceptors (Lipinski definition) is 4. The number of anilines is 2. The second kappa shape index (κ2) is 7.13. The summed E-state index contributed by atoms with van der Waals surface area (Å²) in [6.07, 6.45) is -2.72. The first kappa shape index (κ1) is 15.5.